The summed E-state index contributed by atoms with van der Waals surface area (Å²) in [6, 6.07) is 3.69. The van der Waals surface area contributed by atoms with Crippen LogP contribution in [0.3, 0.4) is 0 Å². The maximum absolute atomic E-state index is 6.08. The van der Waals surface area contributed by atoms with Crippen LogP contribution in [0.4, 0.5) is 5.82 Å². The van der Waals surface area contributed by atoms with Crippen LogP contribution in [0.2, 0.25) is 5.02 Å². The smallest absolute Gasteiger partial charge is 0.126 e. The molecule has 0 aliphatic carbocycles. The molecular weight excluding hydrogens is 224 g/mol. The van der Waals surface area contributed by atoms with Crippen LogP contribution in [0.5, 0.6) is 0 Å². The molecule has 84 valence electrons. The molecule has 0 unspecified atom stereocenters. The first-order valence-electron chi connectivity index (χ1n) is 5.01. The highest BCUT2D eigenvalue weighted by Gasteiger charge is 2.05. The molecule has 0 radical (unpaired) electrons. The molecule has 2 rings (SSSR count). The molecule has 0 bridgehead atoms. The molecule has 4 nitrogen and oxygen atoms in total. The molecular formula is C11H13ClN4. The van der Waals surface area contributed by atoms with Gasteiger partial charge in [-0.25, -0.2) is 4.98 Å². The maximum Gasteiger partial charge on any atom is 0.126 e. The van der Waals surface area contributed by atoms with Crippen molar-refractivity contribution in [2.24, 2.45) is 0 Å². The van der Waals surface area contributed by atoms with Crippen molar-refractivity contribution < 1.29 is 0 Å². The monoisotopic (exact) mass is 236 g/mol. The van der Waals surface area contributed by atoms with Gasteiger partial charge in [-0.1, -0.05) is 11.6 Å². The van der Waals surface area contributed by atoms with Crippen LogP contribution in [0.1, 0.15) is 11.3 Å². The minimum Gasteiger partial charge on any atom is -0.373 e. The van der Waals surface area contributed by atoms with Crippen LogP contribution < -0.4 is 5.32 Å². The zero-order valence-corrected chi connectivity index (χ0v) is 9.99. The van der Waals surface area contributed by atoms with Crippen LogP contribution >= 0.6 is 11.6 Å². The minimum atomic E-state index is 0.586. The Kier molecular flexibility index (Phi) is 3.10. The normalized spacial score (nSPS) is 10.4. The zero-order chi connectivity index (χ0) is 11.5. The molecule has 0 saturated carbocycles. The lowest BCUT2D eigenvalue weighted by Gasteiger charge is -2.06. The number of nitrogens with zero attached hydrogens (tertiary/aromatic N) is 3. The number of hydrogen-bond donors (Lipinski definition) is 1. The summed E-state index contributed by atoms with van der Waals surface area (Å²) in [4.78, 5) is 4.39. The van der Waals surface area contributed by atoms with Gasteiger partial charge in [-0.3, -0.25) is 4.68 Å². The fourth-order valence-corrected chi connectivity index (χ4v) is 1.61. The molecule has 2 heterocycles. The predicted molar refractivity (Wildman–Crippen MR) is 64.9 cm³/mol. The van der Waals surface area contributed by atoms with Gasteiger partial charge in [0.05, 0.1) is 23.5 Å². The van der Waals surface area contributed by atoms with Crippen LogP contribution in [0, 0.1) is 6.92 Å². The van der Waals surface area contributed by atoms with Gasteiger partial charge >= 0.3 is 0 Å². The van der Waals surface area contributed by atoms with Crippen LogP contribution in [0.15, 0.2) is 24.5 Å². The highest BCUT2D eigenvalue weighted by Crippen LogP contribution is 2.17. The van der Waals surface area contributed by atoms with E-state index in [1.54, 1.807) is 0 Å². The van der Waals surface area contributed by atoms with Gasteiger partial charge in [-0.05, 0) is 24.6 Å². The fourth-order valence-electron chi connectivity index (χ4n) is 1.44. The topological polar surface area (TPSA) is 42.7 Å². The number of anilines is 1. The number of pyridine rings is 1. The maximum atomic E-state index is 6.08. The molecule has 0 aliphatic heterocycles. The molecule has 0 spiro atoms. The van der Waals surface area contributed by atoms with E-state index >= 15 is 0 Å². The van der Waals surface area contributed by atoms with Crippen molar-refractivity contribution in [1.29, 1.82) is 0 Å². The van der Waals surface area contributed by atoms with Crippen molar-refractivity contribution in [3.05, 3.63) is 40.8 Å². The Morgan fingerprint density at radius 2 is 2.25 bits per heavy atom. The van der Waals surface area contributed by atoms with Gasteiger partial charge < -0.3 is 5.32 Å². The number of nitrogens with one attached hydrogen (secondary N) is 1. The number of aromatic nitrogens is 3. The van der Waals surface area contributed by atoms with Crippen molar-refractivity contribution in [2.45, 2.75) is 13.5 Å². The molecule has 0 aromatic carbocycles. The van der Waals surface area contributed by atoms with Gasteiger partial charge in [0.1, 0.15) is 5.82 Å². The van der Waals surface area contributed by atoms with E-state index in [9.17, 15) is 0 Å². The molecule has 16 heavy (non-hydrogen) atoms. The van der Waals surface area contributed by atoms with Crippen molar-refractivity contribution >= 4 is 17.4 Å². The Morgan fingerprint density at radius 1 is 1.44 bits per heavy atom. The van der Waals surface area contributed by atoms with E-state index in [-0.39, 0.29) is 0 Å². The second-order valence-corrected chi connectivity index (χ2v) is 4.00. The summed E-state index contributed by atoms with van der Waals surface area (Å²) in [7, 11) is 1.83. The Bertz CT molecular complexity index is 492. The zero-order valence-electron chi connectivity index (χ0n) is 9.24. The largest absolute Gasteiger partial charge is 0.373 e. The Morgan fingerprint density at radius 3 is 2.88 bits per heavy atom. The third-order valence-electron chi connectivity index (χ3n) is 2.25. The number of aryl methyl sites for hydroxylation is 1. The highest BCUT2D eigenvalue weighted by atomic mass is 35.5. The number of hydrogen-bond acceptors (Lipinski definition) is 3. The molecule has 2 aromatic heterocycles. The quantitative estimate of drug-likeness (QED) is 0.890. The lowest BCUT2D eigenvalue weighted by atomic mass is 10.3. The first kappa shape index (κ1) is 11.0. The number of halogens is 1. The lowest BCUT2D eigenvalue weighted by molar-refractivity contribution is 0.673. The summed E-state index contributed by atoms with van der Waals surface area (Å²) in [6.45, 7) is 2.59. The SMILES string of the molecule is CNc1ccc(Cl)c(Cn2cc(C)cn2)n1. The van der Waals surface area contributed by atoms with E-state index < -0.39 is 0 Å². The minimum absolute atomic E-state index is 0.586. The first-order valence-corrected chi connectivity index (χ1v) is 5.39. The predicted octanol–water partition coefficient (Wildman–Crippen LogP) is 2.33. The van der Waals surface area contributed by atoms with E-state index in [1.807, 2.05) is 43.2 Å². The molecule has 2 aromatic rings. The van der Waals surface area contributed by atoms with Gasteiger partial charge in [0.2, 0.25) is 0 Å². The molecule has 0 atom stereocenters. The summed E-state index contributed by atoms with van der Waals surface area (Å²) in [5, 5.41) is 7.85. The van der Waals surface area contributed by atoms with E-state index in [1.165, 1.54) is 0 Å². The van der Waals surface area contributed by atoms with Crippen molar-refractivity contribution in [3.8, 4) is 0 Å². The Hall–Kier alpha value is -1.55. The Labute approximate surface area is 99.3 Å². The van der Waals surface area contributed by atoms with Crippen LogP contribution in [0.25, 0.3) is 0 Å². The molecule has 0 saturated heterocycles. The average Bonchev–Trinajstić information content (AvgIpc) is 2.67. The molecule has 0 aliphatic rings. The standard InChI is InChI=1S/C11H13ClN4/c1-8-5-14-16(6-8)7-10-9(12)3-4-11(13-2)15-10/h3-6H,7H2,1-2H3,(H,13,15). The van der Waals surface area contributed by atoms with E-state index in [0.29, 0.717) is 11.6 Å². The third kappa shape index (κ3) is 2.33. The lowest BCUT2D eigenvalue weighted by Crippen LogP contribution is -2.04. The highest BCUT2D eigenvalue weighted by molar-refractivity contribution is 6.31. The third-order valence-corrected chi connectivity index (χ3v) is 2.59. The summed E-state index contributed by atoms with van der Waals surface area (Å²) in [5.41, 5.74) is 1.94. The average molecular weight is 237 g/mol. The Balaban J connectivity index is 2.26. The van der Waals surface area contributed by atoms with Gasteiger partial charge in [0, 0.05) is 13.2 Å². The molecule has 0 amide bonds. The van der Waals surface area contributed by atoms with Crippen molar-refractivity contribution in [2.75, 3.05) is 12.4 Å². The van der Waals surface area contributed by atoms with Crippen molar-refractivity contribution in [3.63, 3.8) is 0 Å². The summed E-state index contributed by atoms with van der Waals surface area (Å²) < 4.78 is 1.82. The molecule has 5 heteroatoms. The van der Waals surface area contributed by atoms with E-state index in [0.717, 1.165) is 17.1 Å². The van der Waals surface area contributed by atoms with Gasteiger partial charge in [-0.15, -0.1) is 0 Å². The second kappa shape index (κ2) is 4.53. The van der Waals surface area contributed by atoms with Crippen LogP contribution in [-0.2, 0) is 6.54 Å². The summed E-state index contributed by atoms with van der Waals surface area (Å²) >= 11 is 6.08. The van der Waals surface area contributed by atoms with Crippen molar-refractivity contribution in [1.82, 2.24) is 14.8 Å². The van der Waals surface area contributed by atoms with E-state index in [4.69, 9.17) is 11.6 Å². The van der Waals surface area contributed by atoms with Gasteiger partial charge in [0.15, 0.2) is 0 Å². The summed E-state index contributed by atoms with van der Waals surface area (Å²) in [5.74, 6) is 0.809. The van der Waals surface area contributed by atoms with E-state index in [2.05, 4.69) is 15.4 Å². The van der Waals surface area contributed by atoms with Gasteiger partial charge in [0.25, 0.3) is 0 Å². The molecule has 0 fully saturated rings. The second-order valence-electron chi connectivity index (χ2n) is 3.59. The number of rotatable bonds is 3. The van der Waals surface area contributed by atoms with Crippen LogP contribution in [-0.4, -0.2) is 21.8 Å². The van der Waals surface area contributed by atoms with Gasteiger partial charge in [-0.2, -0.15) is 5.10 Å². The summed E-state index contributed by atoms with van der Waals surface area (Å²) in [6.07, 6.45) is 3.78. The molecule has 1 N–H and O–H groups in total. The first-order chi connectivity index (χ1) is 7.69. The fraction of sp³-hybridized carbons (Fsp3) is 0.273.